The number of Topliss-reactive ketones (excluding diaryl/α,β-unsaturated/α-hetero) is 1. The fraction of sp³-hybridized carbons (Fsp3) is 0.778. The second-order valence-electron chi connectivity index (χ2n) is 3.34. The summed E-state index contributed by atoms with van der Waals surface area (Å²) in [4.78, 5) is 22.6. The second kappa shape index (κ2) is 6.08. The Labute approximate surface area is 96.5 Å². The molecule has 0 spiro atoms. The Morgan fingerprint density at radius 1 is 1.38 bits per heavy atom. The predicted molar refractivity (Wildman–Crippen MR) is 53.2 cm³/mol. The molecule has 0 aromatic carbocycles. The topological polar surface area (TPSA) is 37.4 Å². The molecule has 0 aliphatic rings. The number of rotatable bonds is 5. The van der Waals surface area contributed by atoms with Gasteiger partial charge in [-0.05, 0) is 6.92 Å². The summed E-state index contributed by atoms with van der Waals surface area (Å²) in [5.41, 5.74) is 0. The van der Waals surface area contributed by atoms with E-state index in [0.29, 0.717) is 4.90 Å². The van der Waals surface area contributed by atoms with E-state index in [1.165, 1.54) is 13.8 Å². The highest BCUT2D eigenvalue weighted by molar-refractivity contribution is 6.27. The minimum atomic E-state index is -4.90. The van der Waals surface area contributed by atoms with Crippen molar-refractivity contribution in [1.82, 2.24) is 4.90 Å². The lowest BCUT2D eigenvalue weighted by atomic mass is 10.1. The van der Waals surface area contributed by atoms with Crippen molar-refractivity contribution >= 4 is 23.3 Å². The van der Waals surface area contributed by atoms with Gasteiger partial charge in [0.1, 0.15) is 0 Å². The summed E-state index contributed by atoms with van der Waals surface area (Å²) in [5.74, 6) is -3.26. The van der Waals surface area contributed by atoms with Gasteiger partial charge in [0.25, 0.3) is 0 Å². The molecule has 0 radical (unpaired) electrons. The lowest BCUT2D eigenvalue weighted by Gasteiger charge is -2.24. The first-order chi connectivity index (χ1) is 7.23. The van der Waals surface area contributed by atoms with Gasteiger partial charge in [-0.15, -0.1) is 11.6 Å². The second-order valence-corrected chi connectivity index (χ2v) is 3.61. The Morgan fingerprint density at radius 2 is 1.88 bits per heavy atom. The number of ketones is 1. The van der Waals surface area contributed by atoms with Crippen molar-refractivity contribution in [2.45, 2.75) is 20.0 Å². The third-order valence-electron chi connectivity index (χ3n) is 2.09. The number of halogens is 4. The van der Waals surface area contributed by atoms with Crippen LogP contribution < -0.4 is 0 Å². The van der Waals surface area contributed by atoms with E-state index in [9.17, 15) is 22.8 Å². The Bertz CT molecular complexity index is 268. The van der Waals surface area contributed by atoms with E-state index in [1.54, 1.807) is 0 Å². The SMILES string of the molecule is CCN(CC(C)C(=O)CCl)C(=O)C(F)(F)F. The van der Waals surface area contributed by atoms with Crippen LogP contribution in [-0.4, -0.2) is 41.7 Å². The van der Waals surface area contributed by atoms with Crippen molar-refractivity contribution in [3.63, 3.8) is 0 Å². The first-order valence-corrected chi connectivity index (χ1v) is 5.22. The molecule has 0 aromatic heterocycles. The van der Waals surface area contributed by atoms with Crippen LogP contribution in [0.25, 0.3) is 0 Å². The predicted octanol–water partition coefficient (Wildman–Crippen LogP) is 1.84. The molecule has 3 nitrogen and oxygen atoms in total. The van der Waals surface area contributed by atoms with Crippen LogP contribution in [0.15, 0.2) is 0 Å². The summed E-state index contributed by atoms with van der Waals surface area (Å²) in [5, 5.41) is 0. The number of hydrogen-bond donors (Lipinski definition) is 0. The van der Waals surface area contributed by atoms with Crippen molar-refractivity contribution in [2.24, 2.45) is 5.92 Å². The molecular formula is C9H13ClF3NO2. The van der Waals surface area contributed by atoms with E-state index >= 15 is 0 Å². The molecule has 0 aliphatic heterocycles. The Kier molecular flexibility index (Phi) is 5.78. The fourth-order valence-electron chi connectivity index (χ4n) is 1.10. The van der Waals surface area contributed by atoms with Crippen molar-refractivity contribution in [3.8, 4) is 0 Å². The highest BCUT2D eigenvalue weighted by atomic mass is 35.5. The zero-order valence-electron chi connectivity index (χ0n) is 8.97. The van der Waals surface area contributed by atoms with E-state index < -0.39 is 18.0 Å². The smallest absolute Gasteiger partial charge is 0.334 e. The van der Waals surface area contributed by atoms with Crippen LogP contribution in [0.2, 0.25) is 0 Å². The Balaban J connectivity index is 4.53. The van der Waals surface area contributed by atoms with E-state index in [4.69, 9.17) is 11.6 Å². The lowest BCUT2D eigenvalue weighted by Crippen LogP contribution is -2.44. The highest BCUT2D eigenvalue weighted by Gasteiger charge is 2.42. The molecule has 0 fully saturated rings. The molecular weight excluding hydrogens is 247 g/mol. The van der Waals surface area contributed by atoms with Gasteiger partial charge in [-0.2, -0.15) is 13.2 Å². The Hall–Kier alpha value is -0.780. The number of carbonyl (C=O) groups excluding carboxylic acids is 2. The lowest BCUT2D eigenvalue weighted by molar-refractivity contribution is -0.185. The van der Waals surface area contributed by atoms with Gasteiger partial charge in [-0.1, -0.05) is 6.92 Å². The van der Waals surface area contributed by atoms with Gasteiger partial charge >= 0.3 is 12.1 Å². The molecule has 0 saturated heterocycles. The van der Waals surface area contributed by atoms with Gasteiger partial charge in [-0.3, -0.25) is 9.59 Å². The number of amides is 1. The molecule has 0 aromatic rings. The molecule has 0 saturated carbocycles. The average Bonchev–Trinajstić information content (AvgIpc) is 2.21. The van der Waals surface area contributed by atoms with Crippen molar-refractivity contribution in [1.29, 1.82) is 0 Å². The minimum absolute atomic E-state index is 0.0990. The summed E-state index contributed by atoms with van der Waals surface area (Å²) >= 11 is 5.27. The van der Waals surface area contributed by atoms with Crippen LogP contribution in [0.1, 0.15) is 13.8 Å². The summed E-state index contributed by atoms with van der Waals surface area (Å²) in [6, 6.07) is 0. The zero-order chi connectivity index (χ0) is 12.9. The van der Waals surface area contributed by atoms with Crippen LogP contribution in [0.4, 0.5) is 13.2 Å². The molecule has 0 bridgehead atoms. The number of alkyl halides is 4. The maximum atomic E-state index is 12.1. The summed E-state index contributed by atoms with van der Waals surface area (Å²) in [7, 11) is 0. The minimum Gasteiger partial charge on any atom is -0.334 e. The van der Waals surface area contributed by atoms with Crippen LogP contribution in [-0.2, 0) is 9.59 Å². The van der Waals surface area contributed by atoms with E-state index in [2.05, 4.69) is 0 Å². The van der Waals surface area contributed by atoms with Crippen LogP contribution in [0.5, 0.6) is 0 Å². The molecule has 0 heterocycles. The number of hydrogen-bond acceptors (Lipinski definition) is 2. The van der Waals surface area contributed by atoms with Crippen LogP contribution in [0, 0.1) is 5.92 Å². The van der Waals surface area contributed by atoms with Gasteiger partial charge in [-0.25, -0.2) is 0 Å². The van der Waals surface area contributed by atoms with E-state index in [0.717, 1.165) is 0 Å². The van der Waals surface area contributed by atoms with Crippen LogP contribution in [0.3, 0.4) is 0 Å². The van der Waals surface area contributed by atoms with Gasteiger partial charge < -0.3 is 4.90 Å². The highest BCUT2D eigenvalue weighted by Crippen LogP contribution is 2.19. The monoisotopic (exact) mass is 259 g/mol. The third kappa shape index (κ3) is 4.38. The number of carbonyl (C=O) groups is 2. The van der Waals surface area contributed by atoms with E-state index in [1.807, 2.05) is 0 Å². The largest absolute Gasteiger partial charge is 0.471 e. The molecule has 7 heteroatoms. The molecule has 0 aliphatic carbocycles. The standard InChI is InChI=1S/C9H13ClF3NO2/c1-3-14(8(16)9(11,12)13)5-6(2)7(15)4-10/h6H,3-5H2,1-2H3. The quantitative estimate of drug-likeness (QED) is 0.707. The molecule has 0 N–H and O–H groups in total. The first-order valence-electron chi connectivity index (χ1n) is 4.68. The Morgan fingerprint density at radius 3 is 2.19 bits per heavy atom. The normalized spacial score (nSPS) is 13.4. The average molecular weight is 260 g/mol. The van der Waals surface area contributed by atoms with Gasteiger partial charge in [0.05, 0.1) is 5.88 Å². The molecule has 16 heavy (non-hydrogen) atoms. The molecule has 94 valence electrons. The third-order valence-corrected chi connectivity index (χ3v) is 2.35. The first kappa shape index (κ1) is 15.2. The van der Waals surface area contributed by atoms with Gasteiger partial charge in [0, 0.05) is 19.0 Å². The van der Waals surface area contributed by atoms with Gasteiger partial charge in [0.15, 0.2) is 5.78 Å². The maximum absolute atomic E-state index is 12.1. The summed E-state index contributed by atoms with van der Waals surface area (Å²) in [6.07, 6.45) is -4.90. The van der Waals surface area contributed by atoms with E-state index in [-0.39, 0.29) is 24.8 Å². The van der Waals surface area contributed by atoms with Crippen molar-refractivity contribution in [3.05, 3.63) is 0 Å². The summed E-state index contributed by atoms with van der Waals surface area (Å²) < 4.78 is 36.4. The molecule has 1 unspecified atom stereocenters. The van der Waals surface area contributed by atoms with Crippen molar-refractivity contribution in [2.75, 3.05) is 19.0 Å². The molecule has 0 rings (SSSR count). The molecule has 1 amide bonds. The van der Waals surface area contributed by atoms with Gasteiger partial charge in [0.2, 0.25) is 0 Å². The molecule has 1 atom stereocenters. The maximum Gasteiger partial charge on any atom is 0.471 e. The fourth-order valence-corrected chi connectivity index (χ4v) is 1.36. The number of nitrogens with zero attached hydrogens (tertiary/aromatic N) is 1. The van der Waals surface area contributed by atoms with Crippen LogP contribution >= 0.6 is 11.6 Å². The van der Waals surface area contributed by atoms with Crippen molar-refractivity contribution < 1.29 is 22.8 Å². The summed E-state index contributed by atoms with van der Waals surface area (Å²) in [6.45, 7) is 2.50. The zero-order valence-corrected chi connectivity index (χ0v) is 9.73.